The average Bonchev–Trinajstić information content (AvgIpc) is 2.93. The van der Waals surface area contributed by atoms with Crippen molar-refractivity contribution in [3.63, 3.8) is 0 Å². The largest absolute Gasteiger partial charge is 0.384 e. The van der Waals surface area contributed by atoms with Crippen LogP contribution < -0.4 is 10.6 Å². The number of benzene rings is 1. The third-order valence-electron chi connectivity index (χ3n) is 3.46. The van der Waals surface area contributed by atoms with Gasteiger partial charge in [-0.15, -0.1) is 12.4 Å². The highest BCUT2D eigenvalue weighted by Crippen LogP contribution is 2.23. The molecule has 6 heteroatoms. The average molecular weight is 312 g/mol. The SMILES string of the molecule is CCCN(CC(=O)NC)C(=O)c1ccc2c(c1)CCN2.Cl. The quantitative estimate of drug-likeness (QED) is 0.869. The number of anilines is 1. The number of carbonyl (C=O) groups excluding carboxylic acids is 2. The van der Waals surface area contributed by atoms with Gasteiger partial charge in [0.15, 0.2) is 0 Å². The lowest BCUT2D eigenvalue weighted by Crippen LogP contribution is -2.40. The molecule has 0 aromatic heterocycles. The van der Waals surface area contributed by atoms with Crippen LogP contribution in [0, 0.1) is 0 Å². The third kappa shape index (κ3) is 4.11. The van der Waals surface area contributed by atoms with Crippen LogP contribution in [0.15, 0.2) is 18.2 Å². The lowest BCUT2D eigenvalue weighted by Gasteiger charge is -2.21. The summed E-state index contributed by atoms with van der Waals surface area (Å²) in [7, 11) is 1.58. The van der Waals surface area contributed by atoms with Gasteiger partial charge in [-0.2, -0.15) is 0 Å². The van der Waals surface area contributed by atoms with Crippen molar-refractivity contribution in [2.24, 2.45) is 0 Å². The van der Waals surface area contributed by atoms with E-state index in [-0.39, 0.29) is 30.8 Å². The summed E-state index contributed by atoms with van der Waals surface area (Å²) < 4.78 is 0. The first-order valence-corrected chi connectivity index (χ1v) is 7.02. The Morgan fingerprint density at radius 1 is 1.38 bits per heavy atom. The van der Waals surface area contributed by atoms with Crippen molar-refractivity contribution in [3.05, 3.63) is 29.3 Å². The summed E-state index contributed by atoms with van der Waals surface area (Å²) in [5.74, 6) is -0.222. The highest BCUT2D eigenvalue weighted by Gasteiger charge is 2.19. The van der Waals surface area contributed by atoms with Gasteiger partial charge in [0.1, 0.15) is 0 Å². The van der Waals surface area contributed by atoms with E-state index in [4.69, 9.17) is 0 Å². The molecule has 2 rings (SSSR count). The fraction of sp³-hybridized carbons (Fsp3) is 0.467. The molecule has 1 heterocycles. The molecule has 2 amide bonds. The van der Waals surface area contributed by atoms with Gasteiger partial charge in [-0.1, -0.05) is 6.92 Å². The molecule has 0 atom stereocenters. The second kappa shape index (κ2) is 7.88. The van der Waals surface area contributed by atoms with Gasteiger partial charge in [0.05, 0.1) is 6.54 Å². The number of hydrogen-bond acceptors (Lipinski definition) is 3. The maximum atomic E-state index is 12.5. The Bertz CT molecular complexity index is 520. The van der Waals surface area contributed by atoms with Crippen LogP contribution in [0.3, 0.4) is 0 Å². The zero-order valence-electron chi connectivity index (χ0n) is 12.4. The van der Waals surface area contributed by atoms with Gasteiger partial charge in [0, 0.05) is 31.4 Å². The number of likely N-dealkylation sites (N-methyl/N-ethyl adjacent to an activating group) is 1. The molecular formula is C15H22ClN3O2. The standard InChI is InChI=1S/C15H21N3O2.ClH/c1-3-8-18(10-14(19)16-2)15(20)12-4-5-13-11(9-12)6-7-17-13;/h4-5,9,17H,3,6-8,10H2,1-2H3,(H,16,19);1H. The Kier molecular flexibility index (Phi) is 6.49. The highest BCUT2D eigenvalue weighted by molar-refractivity contribution is 5.97. The fourth-order valence-corrected chi connectivity index (χ4v) is 2.40. The summed E-state index contributed by atoms with van der Waals surface area (Å²) in [6.07, 6.45) is 1.77. The van der Waals surface area contributed by atoms with Gasteiger partial charge >= 0.3 is 0 Å². The first kappa shape index (κ1) is 17.3. The van der Waals surface area contributed by atoms with Crippen LogP contribution >= 0.6 is 12.4 Å². The normalized spacial score (nSPS) is 11.9. The van der Waals surface area contributed by atoms with Crippen LogP contribution in [0.5, 0.6) is 0 Å². The molecule has 0 spiro atoms. The Morgan fingerprint density at radius 3 is 2.81 bits per heavy atom. The lowest BCUT2D eigenvalue weighted by molar-refractivity contribution is -0.121. The van der Waals surface area contributed by atoms with Crippen LogP contribution in [-0.4, -0.2) is 43.4 Å². The van der Waals surface area contributed by atoms with Crippen LogP contribution in [-0.2, 0) is 11.2 Å². The number of hydrogen-bond donors (Lipinski definition) is 2. The number of nitrogens with zero attached hydrogens (tertiary/aromatic N) is 1. The predicted molar refractivity (Wildman–Crippen MR) is 86.1 cm³/mol. The Balaban J connectivity index is 0.00000220. The molecule has 1 aromatic carbocycles. The summed E-state index contributed by atoms with van der Waals surface area (Å²) in [4.78, 5) is 25.6. The molecule has 1 aromatic rings. The van der Waals surface area contributed by atoms with E-state index in [1.807, 2.05) is 25.1 Å². The number of halogens is 1. The third-order valence-corrected chi connectivity index (χ3v) is 3.46. The zero-order valence-corrected chi connectivity index (χ0v) is 13.3. The molecule has 0 radical (unpaired) electrons. The van der Waals surface area contributed by atoms with Crippen LogP contribution in [0.2, 0.25) is 0 Å². The molecule has 5 nitrogen and oxygen atoms in total. The maximum absolute atomic E-state index is 12.5. The molecule has 2 N–H and O–H groups in total. The molecule has 0 unspecified atom stereocenters. The first-order valence-electron chi connectivity index (χ1n) is 7.02. The van der Waals surface area contributed by atoms with Crippen molar-refractivity contribution in [2.45, 2.75) is 19.8 Å². The van der Waals surface area contributed by atoms with E-state index in [9.17, 15) is 9.59 Å². The highest BCUT2D eigenvalue weighted by atomic mass is 35.5. The zero-order chi connectivity index (χ0) is 14.5. The number of amides is 2. The Hall–Kier alpha value is -1.75. The molecule has 116 valence electrons. The number of rotatable bonds is 5. The smallest absolute Gasteiger partial charge is 0.254 e. The van der Waals surface area contributed by atoms with Gasteiger partial charge in [0.2, 0.25) is 5.91 Å². The van der Waals surface area contributed by atoms with E-state index in [2.05, 4.69) is 10.6 Å². The number of nitrogens with one attached hydrogen (secondary N) is 2. The van der Waals surface area contributed by atoms with Gasteiger partial charge in [-0.25, -0.2) is 0 Å². The van der Waals surface area contributed by atoms with E-state index in [0.29, 0.717) is 12.1 Å². The molecule has 0 bridgehead atoms. The minimum atomic E-state index is -0.144. The molecule has 1 aliphatic heterocycles. The predicted octanol–water partition coefficient (Wildman–Crippen LogP) is 1.67. The Labute approximate surface area is 131 Å². The lowest BCUT2D eigenvalue weighted by atomic mass is 10.1. The van der Waals surface area contributed by atoms with E-state index >= 15 is 0 Å². The summed E-state index contributed by atoms with van der Waals surface area (Å²) in [6.45, 7) is 3.61. The van der Waals surface area contributed by atoms with Crippen molar-refractivity contribution in [1.82, 2.24) is 10.2 Å². The monoisotopic (exact) mass is 311 g/mol. The Morgan fingerprint density at radius 2 is 2.14 bits per heavy atom. The summed E-state index contributed by atoms with van der Waals surface area (Å²) >= 11 is 0. The summed E-state index contributed by atoms with van der Waals surface area (Å²) in [5, 5.41) is 5.83. The molecule has 0 aliphatic carbocycles. The van der Waals surface area contributed by atoms with Crippen LogP contribution in [0.25, 0.3) is 0 Å². The minimum Gasteiger partial charge on any atom is -0.384 e. The minimum absolute atomic E-state index is 0. The van der Waals surface area contributed by atoms with E-state index in [1.165, 1.54) is 5.56 Å². The van der Waals surface area contributed by atoms with Crippen LogP contribution in [0.1, 0.15) is 29.3 Å². The van der Waals surface area contributed by atoms with Gasteiger partial charge in [-0.05, 0) is 36.6 Å². The molecule has 0 saturated heterocycles. The van der Waals surface area contributed by atoms with Crippen molar-refractivity contribution in [1.29, 1.82) is 0 Å². The van der Waals surface area contributed by atoms with E-state index in [1.54, 1.807) is 11.9 Å². The number of fused-ring (bicyclic) bond motifs is 1. The van der Waals surface area contributed by atoms with Gasteiger partial charge in [-0.3, -0.25) is 9.59 Å². The van der Waals surface area contributed by atoms with Crippen LogP contribution in [0.4, 0.5) is 5.69 Å². The van der Waals surface area contributed by atoms with Gasteiger partial charge in [0.25, 0.3) is 5.91 Å². The molecule has 0 saturated carbocycles. The maximum Gasteiger partial charge on any atom is 0.254 e. The molecule has 1 aliphatic rings. The van der Waals surface area contributed by atoms with E-state index in [0.717, 1.165) is 25.1 Å². The fourth-order valence-electron chi connectivity index (χ4n) is 2.40. The molecule has 0 fully saturated rings. The molecular weight excluding hydrogens is 290 g/mol. The van der Waals surface area contributed by atoms with Crippen molar-refractivity contribution in [3.8, 4) is 0 Å². The second-order valence-corrected chi connectivity index (χ2v) is 4.95. The van der Waals surface area contributed by atoms with Crippen molar-refractivity contribution in [2.75, 3.05) is 32.0 Å². The first-order chi connectivity index (χ1) is 9.65. The summed E-state index contributed by atoms with van der Waals surface area (Å²) in [5.41, 5.74) is 2.94. The summed E-state index contributed by atoms with van der Waals surface area (Å²) in [6, 6.07) is 5.70. The second-order valence-electron chi connectivity index (χ2n) is 4.95. The molecule has 21 heavy (non-hydrogen) atoms. The topological polar surface area (TPSA) is 61.4 Å². The van der Waals surface area contributed by atoms with Gasteiger partial charge < -0.3 is 15.5 Å². The number of carbonyl (C=O) groups is 2. The van der Waals surface area contributed by atoms with E-state index < -0.39 is 0 Å². The van der Waals surface area contributed by atoms with Crippen molar-refractivity contribution < 1.29 is 9.59 Å². The van der Waals surface area contributed by atoms with Crippen molar-refractivity contribution >= 4 is 29.9 Å².